The predicted octanol–water partition coefficient (Wildman–Crippen LogP) is 3.17. The summed E-state index contributed by atoms with van der Waals surface area (Å²) >= 11 is 0. The van der Waals surface area contributed by atoms with E-state index in [1.54, 1.807) is 0 Å². The molecule has 0 aliphatic heterocycles. The fourth-order valence-electron chi connectivity index (χ4n) is 2.18. The lowest BCUT2D eigenvalue weighted by atomic mass is 9.87. The van der Waals surface area contributed by atoms with Crippen LogP contribution >= 0.6 is 0 Å². The Balaban J connectivity index is 2.00. The minimum atomic E-state index is -0.470. The molecular weight excluding hydrogens is 184 g/mol. The van der Waals surface area contributed by atoms with Crippen molar-refractivity contribution in [3.8, 4) is 0 Å². The van der Waals surface area contributed by atoms with Crippen LogP contribution < -0.4 is 0 Å². The van der Waals surface area contributed by atoms with Gasteiger partial charge in [-0.25, -0.2) is 0 Å². The van der Waals surface area contributed by atoms with Gasteiger partial charge in [0.2, 0.25) is 0 Å². The van der Waals surface area contributed by atoms with Gasteiger partial charge in [0.25, 0.3) is 0 Å². The van der Waals surface area contributed by atoms with Gasteiger partial charge in [0, 0.05) is 6.42 Å². The maximum atomic E-state index is 10.5. The van der Waals surface area contributed by atoms with Crippen molar-refractivity contribution in [3.05, 3.63) is 35.9 Å². The first-order chi connectivity index (χ1) is 7.22. The van der Waals surface area contributed by atoms with Gasteiger partial charge < -0.3 is 5.11 Å². The number of aliphatic hydroxyl groups is 1. The molecule has 0 heterocycles. The van der Waals surface area contributed by atoms with Crippen molar-refractivity contribution in [2.45, 2.75) is 44.6 Å². The Labute approximate surface area is 92.1 Å². The van der Waals surface area contributed by atoms with Crippen molar-refractivity contribution < 1.29 is 5.11 Å². The minimum Gasteiger partial charge on any atom is -0.390 e. The summed E-state index contributed by atoms with van der Waals surface area (Å²) < 4.78 is 0. The van der Waals surface area contributed by atoms with E-state index in [0.717, 1.165) is 25.2 Å². The number of hydrogen-bond acceptors (Lipinski definition) is 1. The van der Waals surface area contributed by atoms with E-state index in [-0.39, 0.29) is 0 Å². The summed E-state index contributed by atoms with van der Waals surface area (Å²) in [5.41, 5.74) is 0.783. The molecule has 1 nitrogen and oxygen atoms in total. The van der Waals surface area contributed by atoms with Gasteiger partial charge in [0.1, 0.15) is 0 Å². The Morgan fingerprint density at radius 1 is 1.27 bits per heavy atom. The maximum Gasteiger partial charge on any atom is 0.0688 e. The van der Waals surface area contributed by atoms with Crippen molar-refractivity contribution in [2.24, 2.45) is 5.92 Å². The molecule has 0 aromatic heterocycles. The van der Waals surface area contributed by atoms with Crippen LogP contribution in [0.2, 0.25) is 0 Å². The highest BCUT2D eigenvalue weighted by Gasteiger charge is 2.33. The van der Waals surface area contributed by atoms with Crippen LogP contribution in [0.4, 0.5) is 0 Å². The molecule has 1 aliphatic carbocycles. The largest absolute Gasteiger partial charge is 0.390 e. The Bertz CT molecular complexity index is 302. The second-order valence-corrected chi connectivity index (χ2v) is 4.89. The Morgan fingerprint density at radius 3 is 2.47 bits per heavy atom. The van der Waals surface area contributed by atoms with E-state index in [1.807, 2.05) is 18.2 Å². The molecule has 0 saturated heterocycles. The summed E-state index contributed by atoms with van der Waals surface area (Å²) in [6, 6.07) is 10.3. The van der Waals surface area contributed by atoms with E-state index < -0.39 is 5.60 Å². The first-order valence-corrected chi connectivity index (χ1v) is 5.98. The summed E-state index contributed by atoms with van der Waals surface area (Å²) in [4.78, 5) is 0. The molecule has 0 spiro atoms. The average molecular weight is 204 g/mol. The summed E-state index contributed by atoms with van der Waals surface area (Å²) in [6.07, 6.45) is 5.28. The van der Waals surface area contributed by atoms with E-state index in [4.69, 9.17) is 0 Å². The number of benzene rings is 1. The molecule has 0 amide bonds. The summed E-state index contributed by atoms with van der Waals surface area (Å²) in [6.45, 7) is 2.09. The second-order valence-electron chi connectivity index (χ2n) is 4.89. The van der Waals surface area contributed by atoms with Crippen LogP contribution in [0, 0.1) is 5.92 Å². The molecule has 1 aromatic carbocycles. The van der Waals surface area contributed by atoms with Crippen LogP contribution in [0.5, 0.6) is 0 Å². The van der Waals surface area contributed by atoms with E-state index in [9.17, 15) is 5.11 Å². The first kappa shape index (κ1) is 10.7. The van der Waals surface area contributed by atoms with Gasteiger partial charge in [-0.1, -0.05) is 50.1 Å². The zero-order valence-corrected chi connectivity index (χ0v) is 9.45. The summed E-state index contributed by atoms with van der Waals surface area (Å²) in [5, 5.41) is 10.5. The van der Waals surface area contributed by atoms with Gasteiger partial charge >= 0.3 is 0 Å². The van der Waals surface area contributed by atoms with Crippen LogP contribution in [-0.2, 0) is 6.42 Å². The molecule has 0 radical (unpaired) electrons. The Morgan fingerprint density at radius 2 is 1.93 bits per heavy atom. The van der Waals surface area contributed by atoms with Gasteiger partial charge in [0.05, 0.1) is 5.60 Å². The molecule has 2 rings (SSSR count). The SMILES string of the molecule is CCC(O)(Cc1ccccc1)CC1CC1. The molecule has 1 unspecified atom stereocenters. The van der Waals surface area contributed by atoms with Crippen molar-refractivity contribution in [3.63, 3.8) is 0 Å². The molecule has 1 N–H and O–H groups in total. The molecule has 1 fully saturated rings. The normalized spacial score (nSPS) is 19.9. The minimum absolute atomic E-state index is 0.470. The summed E-state index contributed by atoms with van der Waals surface area (Å²) in [5.74, 6) is 0.790. The third kappa shape index (κ3) is 3.07. The van der Waals surface area contributed by atoms with Gasteiger partial charge in [0.15, 0.2) is 0 Å². The van der Waals surface area contributed by atoms with Crippen molar-refractivity contribution >= 4 is 0 Å². The molecular formula is C14H20O. The Kier molecular flexibility index (Phi) is 3.11. The first-order valence-electron chi connectivity index (χ1n) is 5.98. The molecule has 1 aliphatic rings. The molecule has 1 saturated carbocycles. The third-order valence-electron chi connectivity index (χ3n) is 3.40. The van der Waals surface area contributed by atoms with Crippen LogP contribution in [0.15, 0.2) is 30.3 Å². The zero-order chi connectivity index (χ0) is 10.7. The predicted molar refractivity (Wildman–Crippen MR) is 62.7 cm³/mol. The highest BCUT2D eigenvalue weighted by Crippen LogP contribution is 2.39. The van der Waals surface area contributed by atoms with E-state index in [1.165, 1.54) is 18.4 Å². The summed E-state index contributed by atoms with van der Waals surface area (Å²) in [7, 11) is 0. The quantitative estimate of drug-likeness (QED) is 0.781. The molecule has 15 heavy (non-hydrogen) atoms. The van der Waals surface area contributed by atoms with Crippen molar-refractivity contribution in [1.29, 1.82) is 0 Å². The average Bonchev–Trinajstić information content (AvgIpc) is 3.03. The topological polar surface area (TPSA) is 20.2 Å². The van der Waals surface area contributed by atoms with Crippen molar-refractivity contribution in [2.75, 3.05) is 0 Å². The van der Waals surface area contributed by atoms with E-state index in [0.29, 0.717) is 0 Å². The number of rotatable bonds is 5. The lowest BCUT2D eigenvalue weighted by Crippen LogP contribution is -2.31. The third-order valence-corrected chi connectivity index (χ3v) is 3.40. The molecule has 1 heteroatoms. The monoisotopic (exact) mass is 204 g/mol. The standard InChI is InChI=1S/C14H20O/c1-2-14(15,11-13-8-9-13)10-12-6-4-3-5-7-12/h3-7,13,15H,2,8-11H2,1H3. The zero-order valence-electron chi connectivity index (χ0n) is 9.45. The van der Waals surface area contributed by atoms with E-state index in [2.05, 4.69) is 19.1 Å². The molecule has 1 aromatic rings. The van der Waals surface area contributed by atoms with Crippen molar-refractivity contribution in [1.82, 2.24) is 0 Å². The lowest BCUT2D eigenvalue weighted by molar-refractivity contribution is 0.0223. The smallest absolute Gasteiger partial charge is 0.0688 e. The van der Waals surface area contributed by atoms with Gasteiger partial charge in [-0.2, -0.15) is 0 Å². The molecule has 1 atom stereocenters. The van der Waals surface area contributed by atoms with Gasteiger partial charge in [-0.15, -0.1) is 0 Å². The van der Waals surface area contributed by atoms with Crippen LogP contribution in [0.25, 0.3) is 0 Å². The fraction of sp³-hybridized carbons (Fsp3) is 0.571. The van der Waals surface area contributed by atoms with Gasteiger partial charge in [-0.05, 0) is 24.3 Å². The van der Waals surface area contributed by atoms with Crippen LogP contribution in [0.1, 0.15) is 38.2 Å². The highest BCUT2D eigenvalue weighted by atomic mass is 16.3. The molecule has 0 bridgehead atoms. The van der Waals surface area contributed by atoms with Crippen LogP contribution in [-0.4, -0.2) is 10.7 Å². The van der Waals surface area contributed by atoms with E-state index >= 15 is 0 Å². The number of hydrogen-bond donors (Lipinski definition) is 1. The highest BCUT2D eigenvalue weighted by molar-refractivity contribution is 5.17. The Hall–Kier alpha value is -0.820. The maximum absolute atomic E-state index is 10.5. The lowest BCUT2D eigenvalue weighted by Gasteiger charge is -2.27. The fourth-order valence-corrected chi connectivity index (χ4v) is 2.18. The van der Waals surface area contributed by atoms with Crippen LogP contribution in [0.3, 0.4) is 0 Å². The molecule has 82 valence electrons. The second kappa shape index (κ2) is 4.36. The van der Waals surface area contributed by atoms with Gasteiger partial charge in [-0.3, -0.25) is 0 Å².